The summed E-state index contributed by atoms with van der Waals surface area (Å²) in [6, 6.07) is 1.79. The number of methoxy groups -OCH3 is 1. The number of esters is 1. The Morgan fingerprint density at radius 1 is 1.67 bits per heavy atom. The summed E-state index contributed by atoms with van der Waals surface area (Å²) in [6.07, 6.45) is 2.06. The molecule has 0 radical (unpaired) electrons. The largest absolute Gasteiger partial charge is 0.463 e. The van der Waals surface area contributed by atoms with Crippen LogP contribution in [0.2, 0.25) is 0 Å². The molecule has 100 valence electrons. The second kappa shape index (κ2) is 5.54. The van der Waals surface area contributed by atoms with Crippen LogP contribution in [0.15, 0.2) is 16.7 Å². The Balaban J connectivity index is 2.02. The number of aliphatic hydroxyl groups excluding tert-OH is 1. The van der Waals surface area contributed by atoms with Crippen molar-refractivity contribution in [2.45, 2.75) is 26.0 Å². The third kappa shape index (κ3) is 2.73. The van der Waals surface area contributed by atoms with Gasteiger partial charge >= 0.3 is 5.97 Å². The van der Waals surface area contributed by atoms with E-state index in [2.05, 4.69) is 9.64 Å². The van der Waals surface area contributed by atoms with Crippen LogP contribution in [-0.2, 0) is 11.3 Å². The second-order valence-electron chi connectivity index (χ2n) is 4.83. The molecular weight excluding hydrogens is 234 g/mol. The molecule has 1 aliphatic rings. The maximum Gasteiger partial charge on any atom is 0.374 e. The van der Waals surface area contributed by atoms with Gasteiger partial charge in [0, 0.05) is 25.2 Å². The minimum absolute atomic E-state index is 0.217. The maximum atomic E-state index is 11.5. The Labute approximate surface area is 106 Å². The SMILES string of the molecule is COC(=O)c1occc1CN1CCC(O)C(C)C1. The molecule has 2 heterocycles. The molecule has 18 heavy (non-hydrogen) atoms. The molecule has 1 saturated heterocycles. The van der Waals surface area contributed by atoms with Crippen LogP contribution >= 0.6 is 0 Å². The van der Waals surface area contributed by atoms with E-state index >= 15 is 0 Å². The number of carbonyl (C=O) groups is 1. The van der Waals surface area contributed by atoms with Crippen LogP contribution in [0.1, 0.15) is 29.5 Å². The molecule has 0 aliphatic carbocycles. The van der Waals surface area contributed by atoms with Crippen molar-refractivity contribution in [3.63, 3.8) is 0 Å². The van der Waals surface area contributed by atoms with Crippen molar-refractivity contribution in [1.82, 2.24) is 4.90 Å². The molecule has 0 saturated carbocycles. The molecule has 0 spiro atoms. The first kappa shape index (κ1) is 13.1. The zero-order valence-electron chi connectivity index (χ0n) is 10.8. The molecule has 2 unspecified atom stereocenters. The zero-order valence-corrected chi connectivity index (χ0v) is 10.8. The van der Waals surface area contributed by atoms with Crippen molar-refractivity contribution in [3.8, 4) is 0 Å². The summed E-state index contributed by atoms with van der Waals surface area (Å²) in [6.45, 7) is 4.34. The van der Waals surface area contributed by atoms with E-state index in [1.165, 1.54) is 13.4 Å². The number of hydrogen-bond acceptors (Lipinski definition) is 5. The number of rotatable bonds is 3. The number of nitrogens with zero attached hydrogens (tertiary/aromatic N) is 1. The van der Waals surface area contributed by atoms with E-state index in [9.17, 15) is 9.90 Å². The maximum absolute atomic E-state index is 11.5. The molecule has 1 aromatic heterocycles. The fourth-order valence-corrected chi connectivity index (χ4v) is 2.34. The summed E-state index contributed by atoms with van der Waals surface area (Å²) in [7, 11) is 1.34. The monoisotopic (exact) mass is 253 g/mol. The molecule has 1 fully saturated rings. The molecule has 5 heteroatoms. The van der Waals surface area contributed by atoms with Crippen molar-refractivity contribution in [3.05, 3.63) is 23.7 Å². The van der Waals surface area contributed by atoms with Gasteiger partial charge in [0.2, 0.25) is 5.76 Å². The second-order valence-corrected chi connectivity index (χ2v) is 4.83. The Morgan fingerprint density at radius 3 is 3.11 bits per heavy atom. The number of ether oxygens (including phenoxy) is 1. The average molecular weight is 253 g/mol. The lowest BCUT2D eigenvalue weighted by atomic mass is 9.96. The van der Waals surface area contributed by atoms with Crippen molar-refractivity contribution < 1.29 is 19.1 Å². The third-order valence-electron chi connectivity index (χ3n) is 3.46. The predicted molar refractivity (Wildman–Crippen MR) is 65.1 cm³/mol. The summed E-state index contributed by atoms with van der Waals surface area (Å²) in [5, 5.41) is 9.68. The summed E-state index contributed by atoms with van der Waals surface area (Å²) >= 11 is 0. The normalized spacial score (nSPS) is 25.1. The van der Waals surface area contributed by atoms with Gasteiger partial charge in [-0.25, -0.2) is 4.79 Å². The zero-order chi connectivity index (χ0) is 13.1. The van der Waals surface area contributed by atoms with Gasteiger partial charge in [-0.15, -0.1) is 0 Å². The first-order chi connectivity index (χ1) is 8.61. The molecule has 0 aromatic carbocycles. The smallest absolute Gasteiger partial charge is 0.374 e. The van der Waals surface area contributed by atoms with E-state index in [4.69, 9.17) is 4.42 Å². The lowest BCUT2D eigenvalue weighted by Gasteiger charge is -2.34. The summed E-state index contributed by atoms with van der Waals surface area (Å²) < 4.78 is 9.83. The highest BCUT2D eigenvalue weighted by Crippen LogP contribution is 2.21. The van der Waals surface area contributed by atoms with Gasteiger partial charge in [0.1, 0.15) is 0 Å². The highest BCUT2D eigenvalue weighted by Gasteiger charge is 2.26. The van der Waals surface area contributed by atoms with E-state index in [1.54, 1.807) is 6.07 Å². The highest BCUT2D eigenvalue weighted by atomic mass is 16.5. The van der Waals surface area contributed by atoms with Crippen LogP contribution < -0.4 is 0 Å². The first-order valence-corrected chi connectivity index (χ1v) is 6.17. The lowest BCUT2D eigenvalue weighted by Crippen LogP contribution is -2.41. The molecule has 2 rings (SSSR count). The first-order valence-electron chi connectivity index (χ1n) is 6.17. The van der Waals surface area contributed by atoms with Gasteiger partial charge in [0.15, 0.2) is 0 Å². The highest BCUT2D eigenvalue weighted by molar-refractivity contribution is 5.87. The lowest BCUT2D eigenvalue weighted by molar-refractivity contribution is 0.0314. The number of piperidine rings is 1. The average Bonchev–Trinajstić information content (AvgIpc) is 2.81. The molecule has 5 nitrogen and oxygen atoms in total. The van der Waals surface area contributed by atoms with Crippen molar-refractivity contribution in [2.75, 3.05) is 20.2 Å². The topological polar surface area (TPSA) is 62.9 Å². The van der Waals surface area contributed by atoms with Gasteiger partial charge in [-0.2, -0.15) is 0 Å². The van der Waals surface area contributed by atoms with Crippen molar-refractivity contribution >= 4 is 5.97 Å². The predicted octanol–water partition coefficient (Wildman–Crippen LogP) is 1.27. The van der Waals surface area contributed by atoms with Gasteiger partial charge in [0.05, 0.1) is 19.5 Å². The van der Waals surface area contributed by atoms with Gasteiger partial charge in [-0.05, 0) is 18.4 Å². The molecule has 0 amide bonds. The Kier molecular flexibility index (Phi) is 4.04. The van der Waals surface area contributed by atoms with Crippen LogP contribution in [0.25, 0.3) is 0 Å². The molecule has 0 bridgehead atoms. The van der Waals surface area contributed by atoms with Crippen LogP contribution in [-0.4, -0.2) is 42.3 Å². The van der Waals surface area contributed by atoms with E-state index in [-0.39, 0.29) is 17.8 Å². The Bertz CT molecular complexity index is 415. The van der Waals surface area contributed by atoms with Gasteiger partial charge in [0.25, 0.3) is 0 Å². The summed E-state index contributed by atoms with van der Waals surface area (Å²) in [4.78, 5) is 13.7. The van der Waals surface area contributed by atoms with Gasteiger partial charge in [-0.1, -0.05) is 6.92 Å². The summed E-state index contributed by atoms with van der Waals surface area (Å²) in [5.74, 6) is 0.0867. The molecule has 2 atom stereocenters. The van der Waals surface area contributed by atoms with Crippen LogP contribution in [0, 0.1) is 5.92 Å². The van der Waals surface area contributed by atoms with E-state index in [0.29, 0.717) is 6.54 Å². The van der Waals surface area contributed by atoms with Crippen LogP contribution in [0.3, 0.4) is 0 Å². The fraction of sp³-hybridized carbons (Fsp3) is 0.615. The van der Waals surface area contributed by atoms with Gasteiger partial charge in [-0.3, -0.25) is 4.90 Å². The quantitative estimate of drug-likeness (QED) is 0.822. The number of carbonyl (C=O) groups excluding carboxylic acids is 1. The van der Waals surface area contributed by atoms with Crippen molar-refractivity contribution in [2.24, 2.45) is 5.92 Å². The summed E-state index contributed by atoms with van der Waals surface area (Å²) in [5.41, 5.74) is 0.838. The minimum Gasteiger partial charge on any atom is -0.463 e. The van der Waals surface area contributed by atoms with Crippen LogP contribution in [0.5, 0.6) is 0 Å². The molecular formula is C13H19NO4. The van der Waals surface area contributed by atoms with E-state index in [0.717, 1.165) is 25.1 Å². The number of hydrogen-bond donors (Lipinski definition) is 1. The fourth-order valence-electron chi connectivity index (χ4n) is 2.34. The molecule has 1 aliphatic heterocycles. The third-order valence-corrected chi connectivity index (χ3v) is 3.46. The van der Waals surface area contributed by atoms with Crippen molar-refractivity contribution in [1.29, 1.82) is 0 Å². The van der Waals surface area contributed by atoms with E-state index < -0.39 is 5.97 Å². The number of aliphatic hydroxyl groups is 1. The standard InChI is InChI=1S/C13H19NO4/c1-9-7-14(5-3-11(9)15)8-10-4-6-18-12(10)13(16)17-2/h4,6,9,11,15H,3,5,7-8H2,1-2H3. The van der Waals surface area contributed by atoms with Crippen LogP contribution in [0.4, 0.5) is 0 Å². The molecule has 1 N–H and O–H groups in total. The Morgan fingerprint density at radius 2 is 2.44 bits per heavy atom. The Hall–Kier alpha value is -1.33. The van der Waals surface area contributed by atoms with Gasteiger partial charge < -0.3 is 14.3 Å². The number of likely N-dealkylation sites (tertiary alicyclic amines) is 1. The minimum atomic E-state index is -0.444. The molecule has 1 aromatic rings. The van der Waals surface area contributed by atoms with E-state index in [1.807, 2.05) is 6.92 Å². The number of furan rings is 1.